The largest absolute Gasteiger partial charge is 0.460 e. The Morgan fingerprint density at radius 3 is 2.92 bits per heavy atom. The first kappa shape index (κ1) is 9.95. The van der Waals surface area contributed by atoms with Crippen LogP contribution in [0.15, 0.2) is 25.3 Å². The fourth-order valence-electron chi connectivity index (χ4n) is 0.915. The Balaban J connectivity index is 2.20. The molecule has 0 amide bonds. The lowest BCUT2D eigenvalue weighted by atomic mass is 10.4. The van der Waals surface area contributed by atoms with Crippen LogP contribution in [0.4, 0.5) is 0 Å². The molecular formula is C9H12O4. The molecule has 0 aromatic carbocycles. The molecular weight excluding hydrogens is 172 g/mol. The molecule has 0 aliphatic carbocycles. The fourth-order valence-corrected chi connectivity index (χ4v) is 0.915. The van der Waals surface area contributed by atoms with Crippen molar-refractivity contribution in [1.82, 2.24) is 0 Å². The van der Waals surface area contributed by atoms with Crippen LogP contribution in [-0.4, -0.2) is 31.6 Å². The van der Waals surface area contributed by atoms with Gasteiger partial charge in [-0.15, -0.1) is 0 Å². The SMILES string of the molecule is C=CC(=O)OC[C@H]1COC(C=C)O1. The van der Waals surface area contributed by atoms with E-state index < -0.39 is 5.97 Å². The van der Waals surface area contributed by atoms with Crippen molar-refractivity contribution in [2.24, 2.45) is 0 Å². The van der Waals surface area contributed by atoms with Gasteiger partial charge in [0, 0.05) is 6.08 Å². The van der Waals surface area contributed by atoms with Crippen LogP contribution in [0.1, 0.15) is 0 Å². The van der Waals surface area contributed by atoms with Crippen molar-refractivity contribution < 1.29 is 19.0 Å². The molecule has 1 fully saturated rings. The first-order chi connectivity index (χ1) is 6.26. The summed E-state index contributed by atoms with van der Waals surface area (Å²) in [6.07, 6.45) is 2.08. The molecule has 13 heavy (non-hydrogen) atoms. The monoisotopic (exact) mass is 184 g/mol. The van der Waals surface area contributed by atoms with Crippen LogP contribution in [0, 0.1) is 0 Å². The van der Waals surface area contributed by atoms with Crippen molar-refractivity contribution in [2.45, 2.75) is 12.4 Å². The van der Waals surface area contributed by atoms with Gasteiger partial charge in [0.15, 0.2) is 6.29 Å². The minimum Gasteiger partial charge on any atom is -0.460 e. The molecule has 1 aliphatic rings. The summed E-state index contributed by atoms with van der Waals surface area (Å²) >= 11 is 0. The highest BCUT2D eigenvalue weighted by molar-refractivity contribution is 5.81. The van der Waals surface area contributed by atoms with Gasteiger partial charge in [-0.05, 0) is 6.08 Å². The zero-order chi connectivity index (χ0) is 9.68. The Hall–Kier alpha value is -1.13. The van der Waals surface area contributed by atoms with Crippen LogP contribution in [0.2, 0.25) is 0 Å². The summed E-state index contributed by atoms with van der Waals surface area (Å²) in [5.41, 5.74) is 0. The maximum absolute atomic E-state index is 10.7. The van der Waals surface area contributed by atoms with Crippen LogP contribution < -0.4 is 0 Å². The molecule has 1 rings (SSSR count). The van der Waals surface area contributed by atoms with E-state index in [4.69, 9.17) is 14.2 Å². The number of carbonyl (C=O) groups excluding carboxylic acids is 1. The predicted molar refractivity (Wildman–Crippen MR) is 46.0 cm³/mol. The van der Waals surface area contributed by atoms with Gasteiger partial charge in [0.25, 0.3) is 0 Å². The molecule has 4 nitrogen and oxygen atoms in total. The number of hydrogen-bond donors (Lipinski definition) is 0. The van der Waals surface area contributed by atoms with E-state index in [-0.39, 0.29) is 19.0 Å². The van der Waals surface area contributed by atoms with Gasteiger partial charge in [-0.3, -0.25) is 0 Å². The third kappa shape index (κ3) is 3.01. The molecule has 1 saturated heterocycles. The van der Waals surface area contributed by atoms with Gasteiger partial charge in [-0.25, -0.2) is 4.79 Å². The maximum atomic E-state index is 10.7. The van der Waals surface area contributed by atoms with Crippen molar-refractivity contribution in [2.75, 3.05) is 13.2 Å². The average molecular weight is 184 g/mol. The second-order valence-corrected chi connectivity index (χ2v) is 2.53. The molecule has 1 unspecified atom stereocenters. The van der Waals surface area contributed by atoms with E-state index in [1.54, 1.807) is 6.08 Å². The van der Waals surface area contributed by atoms with Gasteiger partial charge in [0.05, 0.1) is 6.61 Å². The van der Waals surface area contributed by atoms with E-state index in [0.29, 0.717) is 6.61 Å². The lowest BCUT2D eigenvalue weighted by Gasteiger charge is -2.07. The van der Waals surface area contributed by atoms with Crippen molar-refractivity contribution >= 4 is 5.97 Å². The standard InChI is InChI=1S/C9H12O4/c1-3-8(10)11-5-7-6-12-9(4-2)13-7/h3-4,7,9H,1-2,5-6H2/t7-,9?/m0/s1. The summed E-state index contributed by atoms with van der Waals surface area (Å²) in [4.78, 5) is 10.7. The molecule has 0 bridgehead atoms. The average Bonchev–Trinajstić information content (AvgIpc) is 2.61. The van der Waals surface area contributed by atoms with Crippen molar-refractivity contribution in [1.29, 1.82) is 0 Å². The molecule has 4 heteroatoms. The van der Waals surface area contributed by atoms with E-state index in [9.17, 15) is 4.79 Å². The van der Waals surface area contributed by atoms with Gasteiger partial charge in [-0.2, -0.15) is 0 Å². The minimum absolute atomic E-state index is 0.190. The van der Waals surface area contributed by atoms with E-state index in [1.807, 2.05) is 0 Å². The van der Waals surface area contributed by atoms with E-state index in [1.165, 1.54) is 0 Å². The molecule has 2 atom stereocenters. The van der Waals surface area contributed by atoms with E-state index in [2.05, 4.69) is 13.2 Å². The summed E-state index contributed by atoms with van der Waals surface area (Å²) in [6.45, 7) is 7.40. The van der Waals surface area contributed by atoms with Crippen LogP contribution in [0.3, 0.4) is 0 Å². The van der Waals surface area contributed by atoms with Crippen molar-refractivity contribution in [3.8, 4) is 0 Å². The van der Waals surface area contributed by atoms with Gasteiger partial charge in [0.2, 0.25) is 0 Å². The van der Waals surface area contributed by atoms with Crippen LogP contribution in [0.25, 0.3) is 0 Å². The molecule has 1 aliphatic heterocycles. The van der Waals surface area contributed by atoms with Crippen molar-refractivity contribution in [3.05, 3.63) is 25.3 Å². The molecule has 1 heterocycles. The third-order valence-electron chi connectivity index (χ3n) is 1.54. The van der Waals surface area contributed by atoms with Crippen LogP contribution in [-0.2, 0) is 19.0 Å². The second kappa shape index (κ2) is 4.79. The quantitative estimate of drug-likeness (QED) is 0.365. The van der Waals surface area contributed by atoms with Gasteiger partial charge >= 0.3 is 5.97 Å². The van der Waals surface area contributed by atoms with Crippen LogP contribution >= 0.6 is 0 Å². The molecule has 0 spiro atoms. The highest BCUT2D eigenvalue weighted by Crippen LogP contribution is 2.12. The number of ether oxygens (including phenoxy) is 3. The van der Waals surface area contributed by atoms with Crippen molar-refractivity contribution in [3.63, 3.8) is 0 Å². The van der Waals surface area contributed by atoms with Gasteiger partial charge in [0.1, 0.15) is 12.7 Å². The Bertz CT molecular complexity index is 212. The minimum atomic E-state index is -0.453. The predicted octanol–water partition coefficient (Wildman–Crippen LogP) is 0.643. The Morgan fingerprint density at radius 2 is 2.38 bits per heavy atom. The summed E-state index contributed by atoms with van der Waals surface area (Å²) in [5.74, 6) is -0.453. The lowest BCUT2D eigenvalue weighted by molar-refractivity contribution is -0.141. The smallest absolute Gasteiger partial charge is 0.330 e. The highest BCUT2D eigenvalue weighted by Gasteiger charge is 2.24. The number of esters is 1. The summed E-state index contributed by atoms with van der Waals surface area (Å²) in [6, 6.07) is 0. The molecule has 0 radical (unpaired) electrons. The van der Waals surface area contributed by atoms with E-state index in [0.717, 1.165) is 6.08 Å². The topological polar surface area (TPSA) is 44.8 Å². The third-order valence-corrected chi connectivity index (χ3v) is 1.54. The summed E-state index contributed by atoms with van der Waals surface area (Å²) in [5, 5.41) is 0. The molecule has 0 N–H and O–H groups in total. The molecule has 0 aromatic rings. The fraction of sp³-hybridized carbons (Fsp3) is 0.444. The maximum Gasteiger partial charge on any atom is 0.330 e. The molecule has 72 valence electrons. The van der Waals surface area contributed by atoms with Gasteiger partial charge in [-0.1, -0.05) is 13.2 Å². The Kier molecular flexibility index (Phi) is 3.67. The van der Waals surface area contributed by atoms with Gasteiger partial charge < -0.3 is 14.2 Å². The summed E-state index contributed by atoms with van der Waals surface area (Å²) < 4.78 is 15.1. The lowest BCUT2D eigenvalue weighted by Crippen LogP contribution is -2.20. The Labute approximate surface area is 76.8 Å². The first-order valence-corrected chi connectivity index (χ1v) is 3.95. The van der Waals surface area contributed by atoms with Crippen LogP contribution in [0.5, 0.6) is 0 Å². The second-order valence-electron chi connectivity index (χ2n) is 2.53. The number of rotatable bonds is 4. The zero-order valence-corrected chi connectivity index (χ0v) is 7.27. The number of carbonyl (C=O) groups is 1. The van der Waals surface area contributed by atoms with E-state index >= 15 is 0 Å². The first-order valence-electron chi connectivity index (χ1n) is 3.95. The molecule has 0 aromatic heterocycles. The Morgan fingerprint density at radius 1 is 1.62 bits per heavy atom. The normalized spacial score (nSPS) is 26.8. The zero-order valence-electron chi connectivity index (χ0n) is 7.27. The molecule has 0 saturated carbocycles. The highest BCUT2D eigenvalue weighted by atomic mass is 16.7. The number of hydrogen-bond acceptors (Lipinski definition) is 4. The summed E-state index contributed by atoms with van der Waals surface area (Å²) in [7, 11) is 0.